The second-order valence-electron chi connectivity index (χ2n) is 13.7. The molecule has 1 heterocycles. The molecule has 7 atom stereocenters. The molecule has 292 valence electrons. The number of hydrogen-bond acceptors (Lipinski definition) is 10. The summed E-state index contributed by atoms with van der Waals surface area (Å²) in [6.45, 7) is 3.55. The van der Waals surface area contributed by atoms with Crippen LogP contribution in [0.3, 0.4) is 0 Å². The first-order chi connectivity index (χ1) is 25.2. The molecule has 53 heavy (non-hydrogen) atoms. The fraction of sp³-hybridized carbons (Fsp3) is 0.553. The van der Waals surface area contributed by atoms with Gasteiger partial charge in [-0.2, -0.15) is 0 Å². The van der Waals surface area contributed by atoms with E-state index >= 15 is 0 Å². The number of hydrogen-bond donors (Lipinski definition) is 9. The highest BCUT2D eigenvalue weighted by molar-refractivity contribution is 5.96. The maximum Gasteiger partial charge on any atom is 0.326 e. The number of phenols is 2. The minimum Gasteiger partial charge on any atom is -0.508 e. The number of nitrogens with zero attached hydrogens (tertiary/aromatic N) is 1. The highest BCUT2D eigenvalue weighted by Gasteiger charge is 2.41. The van der Waals surface area contributed by atoms with Crippen LogP contribution in [0.15, 0.2) is 48.5 Å². The molecule has 3 rings (SSSR count). The molecule has 0 spiro atoms. The van der Waals surface area contributed by atoms with Crippen LogP contribution in [0.25, 0.3) is 0 Å². The zero-order valence-electron chi connectivity index (χ0n) is 30.7. The van der Waals surface area contributed by atoms with E-state index in [4.69, 9.17) is 0 Å². The SMILES string of the molecule is CCCCCCC[C@@H](NC)[C@H](O)C(=O)NC(C(=O)N1CCC[C@H]1C(=O)N[C@@H](Cc1ccc(O)cc1)C(=O)N[C@@H](Cc1ccc(O)cc1)C(=O)O)[C@H](C)O. The zero-order chi connectivity index (χ0) is 39.1. The zero-order valence-corrected chi connectivity index (χ0v) is 30.7. The molecule has 0 bridgehead atoms. The third-order valence-corrected chi connectivity index (χ3v) is 9.52. The first kappa shape index (κ1) is 42.7. The number of unbranched alkanes of at least 4 members (excludes halogenated alkanes) is 4. The van der Waals surface area contributed by atoms with Crippen LogP contribution >= 0.6 is 0 Å². The number of likely N-dealkylation sites (tertiary alicyclic amines) is 1. The van der Waals surface area contributed by atoms with Crippen LogP contribution < -0.4 is 21.3 Å². The number of carbonyl (C=O) groups is 5. The molecule has 15 nitrogen and oxygen atoms in total. The standard InChI is InChI=1S/C38H55N5O10/c1-4-5-6-7-8-10-28(39-3)33(47)36(50)42-32(23(2)44)37(51)43-20-9-11-31(43)35(49)40-29(21-24-12-16-26(45)17-13-24)34(48)41-30(38(52)53)22-25-14-18-27(46)19-15-25/h12-19,23,28-33,39,44-47H,4-11,20-22H2,1-3H3,(H,40,49)(H,41,48)(H,42,50)(H,52,53)/t23-,28+,29-,30-,31-,32?,33-/m0/s1. The number of carboxylic acids is 1. The van der Waals surface area contributed by atoms with Crippen molar-refractivity contribution >= 4 is 29.6 Å². The molecule has 2 aromatic rings. The lowest BCUT2D eigenvalue weighted by Gasteiger charge is -2.32. The van der Waals surface area contributed by atoms with Crippen LogP contribution in [0, 0.1) is 0 Å². The number of amides is 4. The number of rotatable bonds is 21. The Kier molecular flexibility index (Phi) is 17.0. The third-order valence-electron chi connectivity index (χ3n) is 9.52. The average molecular weight is 742 g/mol. The van der Waals surface area contributed by atoms with Gasteiger partial charge in [-0.25, -0.2) is 4.79 Å². The summed E-state index contributed by atoms with van der Waals surface area (Å²) in [5, 5.41) is 61.2. The van der Waals surface area contributed by atoms with Crippen LogP contribution in [0.1, 0.15) is 76.3 Å². The number of likely N-dealkylation sites (N-methyl/N-ethyl adjacent to an activating group) is 1. The molecular formula is C38H55N5O10. The van der Waals surface area contributed by atoms with Crippen molar-refractivity contribution in [1.82, 2.24) is 26.2 Å². The van der Waals surface area contributed by atoms with Crippen LogP contribution in [0.4, 0.5) is 0 Å². The van der Waals surface area contributed by atoms with Crippen molar-refractivity contribution in [3.05, 3.63) is 59.7 Å². The van der Waals surface area contributed by atoms with Crippen molar-refractivity contribution in [2.75, 3.05) is 13.6 Å². The molecule has 0 saturated carbocycles. The summed E-state index contributed by atoms with van der Waals surface area (Å²) in [6.07, 6.45) is 3.06. The van der Waals surface area contributed by atoms with Crippen molar-refractivity contribution in [1.29, 1.82) is 0 Å². The number of nitrogens with one attached hydrogen (secondary N) is 4. The van der Waals surface area contributed by atoms with E-state index in [2.05, 4.69) is 28.2 Å². The summed E-state index contributed by atoms with van der Waals surface area (Å²) < 4.78 is 0. The van der Waals surface area contributed by atoms with Gasteiger partial charge in [-0.05, 0) is 68.6 Å². The Morgan fingerprint density at radius 2 is 1.36 bits per heavy atom. The van der Waals surface area contributed by atoms with Gasteiger partial charge >= 0.3 is 5.97 Å². The number of carbonyl (C=O) groups excluding carboxylic acids is 4. The third kappa shape index (κ3) is 13.0. The second-order valence-corrected chi connectivity index (χ2v) is 13.7. The summed E-state index contributed by atoms with van der Waals surface area (Å²) >= 11 is 0. The predicted octanol–water partition coefficient (Wildman–Crippen LogP) is 1.10. The van der Waals surface area contributed by atoms with E-state index in [0.717, 1.165) is 32.1 Å². The van der Waals surface area contributed by atoms with Crippen LogP contribution in [-0.4, -0.2) is 116 Å². The Morgan fingerprint density at radius 1 is 0.792 bits per heavy atom. The number of aromatic hydroxyl groups is 2. The number of aliphatic carboxylic acids is 1. The van der Waals surface area contributed by atoms with E-state index in [9.17, 15) is 49.5 Å². The van der Waals surface area contributed by atoms with E-state index in [0.29, 0.717) is 24.0 Å². The number of benzene rings is 2. The summed E-state index contributed by atoms with van der Waals surface area (Å²) in [5.74, 6) is -4.43. The Hall–Kier alpha value is -4.73. The van der Waals surface area contributed by atoms with Crippen LogP contribution in [0.2, 0.25) is 0 Å². The molecule has 0 radical (unpaired) electrons. The van der Waals surface area contributed by atoms with Crippen LogP contribution in [0.5, 0.6) is 11.5 Å². The molecule has 1 aliphatic heterocycles. The van der Waals surface area contributed by atoms with Crippen molar-refractivity contribution in [3.63, 3.8) is 0 Å². The fourth-order valence-corrected chi connectivity index (χ4v) is 6.40. The molecule has 1 aliphatic rings. The van der Waals surface area contributed by atoms with Gasteiger partial charge in [0.25, 0.3) is 5.91 Å². The molecule has 1 unspecified atom stereocenters. The lowest BCUT2D eigenvalue weighted by Crippen LogP contribution is -2.61. The highest BCUT2D eigenvalue weighted by Crippen LogP contribution is 2.21. The first-order valence-electron chi connectivity index (χ1n) is 18.3. The quantitative estimate of drug-likeness (QED) is 0.0822. The van der Waals surface area contributed by atoms with Gasteiger partial charge < -0.3 is 51.7 Å². The molecule has 1 saturated heterocycles. The Morgan fingerprint density at radius 3 is 1.89 bits per heavy atom. The van der Waals surface area contributed by atoms with Gasteiger partial charge in [-0.3, -0.25) is 19.2 Å². The van der Waals surface area contributed by atoms with E-state index in [1.54, 1.807) is 19.2 Å². The van der Waals surface area contributed by atoms with E-state index in [1.165, 1.54) is 48.2 Å². The normalized spacial score (nSPS) is 17.5. The lowest BCUT2D eigenvalue weighted by atomic mass is 10.0. The maximum atomic E-state index is 13.8. The van der Waals surface area contributed by atoms with Crippen molar-refractivity contribution in [2.45, 2.75) is 120 Å². The number of aliphatic hydroxyl groups is 2. The predicted molar refractivity (Wildman–Crippen MR) is 196 cm³/mol. The number of aliphatic hydroxyl groups excluding tert-OH is 2. The average Bonchev–Trinajstić information content (AvgIpc) is 3.63. The molecule has 2 aromatic carbocycles. The maximum absolute atomic E-state index is 13.8. The Labute approximate surface area is 310 Å². The minimum atomic E-state index is -1.50. The molecule has 0 aromatic heterocycles. The monoisotopic (exact) mass is 741 g/mol. The van der Waals surface area contributed by atoms with Gasteiger partial charge in [0.1, 0.15) is 41.8 Å². The minimum absolute atomic E-state index is 0.00792. The molecule has 9 N–H and O–H groups in total. The lowest BCUT2D eigenvalue weighted by molar-refractivity contribution is -0.146. The van der Waals surface area contributed by atoms with E-state index < -0.39 is 72.0 Å². The van der Waals surface area contributed by atoms with Crippen molar-refractivity contribution in [3.8, 4) is 11.5 Å². The van der Waals surface area contributed by atoms with Gasteiger partial charge in [0.05, 0.1) is 6.10 Å². The second kappa shape index (κ2) is 21.1. The highest BCUT2D eigenvalue weighted by atomic mass is 16.4. The summed E-state index contributed by atoms with van der Waals surface area (Å²) in [5.41, 5.74) is 1.08. The number of carboxylic acid groups (broad SMARTS) is 1. The fourth-order valence-electron chi connectivity index (χ4n) is 6.40. The summed E-state index contributed by atoms with van der Waals surface area (Å²) in [4.78, 5) is 67.8. The van der Waals surface area contributed by atoms with Crippen LogP contribution in [-0.2, 0) is 36.8 Å². The van der Waals surface area contributed by atoms with Crippen molar-refractivity contribution in [2.24, 2.45) is 0 Å². The van der Waals surface area contributed by atoms with Gasteiger partial charge in [0.2, 0.25) is 17.7 Å². The molecule has 0 aliphatic carbocycles. The summed E-state index contributed by atoms with van der Waals surface area (Å²) in [6, 6.07) is 5.93. The van der Waals surface area contributed by atoms with E-state index in [-0.39, 0.29) is 37.3 Å². The molecular weight excluding hydrogens is 686 g/mol. The van der Waals surface area contributed by atoms with Gasteiger partial charge in [0, 0.05) is 25.4 Å². The van der Waals surface area contributed by atoms with Gasteiger partial charge in [-0.1, -0.05) is 63.3 Å². The van der Waals surface area contributed by atoms with Crippen molar-refractivity contribution < 1.29 is 49.5 Å². The Balaban J connectivity index is 1.75. The first-order valence-corrected chi connectivity index (χ1v) is 18.3. The largest absolute Gasteiger partial charge is 0.508 e. The summed E-state index contributed by atoms with van der Waals surface area (Å²) in [7, 11) is 1.63. The molecule has 15 heteroatoms. The molecule has 1 fully saturated rings. The van der Waals surface area contributed by atoms with Gasteiger partial charge in [-0.15, -0.1) is 0 Å². The smallest absolute Gasteiger partial charge is 0.326 e. The molecule has 4 amide bonds. The number of phenolic OH excluding ortho intramolecular Hbond substituents is 2. The van der Waals surface area contributed by atoms with E-state index in [1.807, 2.05) is 0 Å². The topological polar surface area (TPSA) is 238 Å². The Bertz CT molecular complexity index is 1500. The van der Waals surface area contributed by atoms with Gasteiger partial charge in [0.15, 0.2) is 0 Å².